The van der Waals surface area contributed by atoms with E-state index < -0.39 is 27.3 Å². The lowest BCUT2D eigenvalue weighted by molar-refractivity contribution is -0.123. The quantitative estimate of drug-likeness (QED) is 0.864. The van der Waals surface area contributed by atoms with E-state index in [1.807, 2.05) is 0 Å². The zero-order valence-electron chi connectivity index (χ0n) is 12.1. The molecule has 0 unspecified atom stereocenters. The fraction of sp³-hybridized carbons (Fsp3) is 0.462. The van der Waals surface area contributed by atoms with E-state index in [-0.39, 0.29) is 24.9 Å². The molecular weight excluding hydrogens is 302 g/mol. The van der Waals surface area contributed by atoms with Crippen LogP contribution in [0.25, 0.3) is 0 Å². The first-order chi connectivity index (χ1) is 9.64. The van der Waals surface area contributed by atoms with Crippen LogP contribution >= 0.6 is 0 Å². The van der Waals surface area contributed by atoms with Crippen LogP contribution in [0.2, 0.25) is 0 Å². The van der Waals surface area contributed by atoms with E-state index in [2.05, 4.69) is 5.32 Å². The van der Waals surface area contributed by atoms with Gasteiger partial charge < -0.3 is 5.32 Å². The Bertz CT molecular complexity index is 598. The molecule has 0 aliphatic rings. The molecular formula is C13H18F2N2O3S. The minimum Gasteiger partial charge on any atom is -0.354 e. The maximum absolute atomic E-state index is 13.7. The highest BCUT2D eigenvalue weighted by molar-refractivity contribution is 7.92. The molecule has 0 spiro atoms. The lowest BCUT2D eigenvalue weighted by Gasteiger charge is -2.23. The molecule has 0 bridgehead atoms. The predicted molar refractivity (Wildman–Crippen MR) is 76.4 cm³/mol. The minimum atomic E-state index is -3.88. The van der Waals surface area contributed by atoms with Gasteiger partial charge in [-0.1, -0.05) is 19.9 Å². The maximum atomic E-state index is 13.7. The molecule has 0 heterocycles. The Hall–Kier alpha value is -1.70. The van der Waals surface area contributed by atoms with E-state index in [0.717, 1.165) is 24.5 Å². The molecule has 1 rings (SSSR count). The van der Waals surface area contributed by atoms with Crippen molar-refractivity contribution in [1.29, 1.82) is 0 Å². The topological polar surface area (TPSA) is 66.5 Å². The monoisotopic (exact) mass is 320 g/mol. The standard InChI is InChI=1S/C13H18F2N2O3S/c1-9(2)13(18)16-7-8-17(21(3,19)20)12-10(14)5-4-6-11(12)15/h4-6,9H,7-8H2,1-3H3,(H,16,18). The first-order valence-electron chi connectivity index (χ1n) is 6.34. The maximum Gasteiger partial charge on any atom is 0.232 e. The van der Waals surface area contributed by atoms with Crippen LogP contribution in [0.4, 0.5) is 14.5 Å². The van der Waals surface area contributed by atoms with Gasteiger partial charge in [0.25, 0.3) is 0 Å². The fourth-order valence-corrected chi connectivity index (χ4v) is 2.58. The summed E-state index contributed by atoms with van der Waals surface area (Å²) in [5.74, 6) is -2.48. The number of nitrogens with zero attached hydrogens (tertiary/aromatic N) is 1. The van der Waals surface area contributed by atoms with Crippen LogP contribution in [-0.4, -0.2) is 33.7 Å². The first-order valence-corrected chi connectivity index (χ1v) is 8.19. The molecule has 0 saturated heterocycles. The Labute approximate surface area is 123 Å². The largest absolute Gasteiger partial charge is 0.354 e. The molecule has 0 aliphatic carbocycles. The van der Waals surface area contributed by atoms with Gasteiger partial charge in [0.1, 0.15) is 5.69 Å². The van der Waals surface area contributed by atoms with Crippen LogP contribution in [0.5, 0.6) is 0 Å². The second-order valence-corrected chi connectivity index (χ2v) is 6.76. The summed E-state index contributed by atoms with van der Waals surface area (Å²) in [5.41, 5.74) is -0.640. The van der Waals surface area contributed by atoms with E-state index in [1.54, 1.807) is 13.8 Å². The van der Waals surface area contributed by atoms with Gasteiger partial charge in [0.2, 0.25) is 15.9 Å². The second kappa shape index (κ2) is 6.84. The van der Waals surface area contributed by atoms with Gasteiger partial charge in [-0.05, 0) is 12.1 Å². The SMILES string of the molecule is CC(C)C(=O)NCCN(c1c(F)cccc1F)S(C)(=O)=O. The predicted octanol–water partition coefficient (Wildman–Crippen LogP) is 1.50. The molecule has 0 atom stereocenters. The number of carbonyl (C=O) groups is 1. The zero-order valence-corrected chi connectivity index (χ0v) is 12.9. The van der Waals surface area contributed by atoms with E-state index in [9.17, 15) is 22.0 Å². The van der Waals surface area contributed by atoms with Gasteiger partial charge in [-0.2, -0.15) is 0 Å². The number of sulfonamides is 1. The molecule has 0 aromatic heterocycles. The molecule has 5 nitrogen and oxygen atoms in total. The highest BCUT2D eigenvalue weighted by Gasteiger charge is 2.24. The zero-order chi connectivity index (χ0) is 16.2. The average Bonchev–Trinajstić information content (AvgIpc) is 2.34. The van der Waals surface area contributed by atoms with Crippen molar-refractivity contribution in [2.24, 2.45) is 5.92 Å². The minimum absolute atomic E-state index is 0.0438. The Morgan fingerprint density at radius 1 is 1.29 bits per heavy atom. The molecule has 1 aromatic carbocycles. The molecule has 0 fully saturated rings. The molecule has 1 N–H and O–H groups in total. The molecule has 21 heavy (non-hydrogen) atoms. The van der Waals surface area contributed by atoms with Crippen LogP contribution in [0, 0.1) is 17.6 Å². The van der Waals surface area contributed by atoms with Crippen molar-refractivity contribution >= 4 is 21.6 Å². The van der Waals surface area contributed by atoms with Crippen LogP contribution in [0.3, 0.4) is 0 Å². The third-order valence-corrected chi connectivity index (χ3v) is 3.89. The summed E-state index contributed by atoms with van der Waals surface area (Å²) in [7, 11) is -3.88. The van der Waals surface area contributed by atoms with E-state index in [4.69, 9.17) is 0 Å². The van der Waals surface area contributed by atoms with Gasteiger partial charge >= 0.3 is 0 Å². The van der Waals surface area contributed by atoms with Crippen molar-refractivity contribution in [1.82, 2.24) is 5.32 Å². The van der Waals surface area contributed by atoms with Gasteiger partial charge in [-0.15, -0.1) is 0 Å². The highest BCUT2D eigenvalue weighted by Crippen LogP contribution is 2.24. The average molecular weight is 320 g/mol. The van der Waals surface area contributed by atoms with Gasteiger partial charge in [0.15, 0.2) is 11.6 Å². The van der Waals surface area contributed by atoms with Gasteiger partial charge in [-0.25, -0.2) is 17.2 Å². The number of carbonyl (C=O) groups excluding carboxylic acids is 1. The second-order valence-electron chi connectivity index (χ2n) is 4.85. The molecule has 0 radical (unpaired) electrons. The molecule has 1 aromatic rings. The Balaban J connectivity index is 2.96. The number of para-hydroxylation sites is 1. The Kier molecular flexibility index (Phi) is 5.65. The number of anilines is 1. The highest BCUT2D eigenvalue weighted by atomic mass is 32.2. The van der Waals surface area contributed by atoms with Gasteiger partial charge in [-0.3, -0.25) is 9.10 Å². The van der Waals surface area contributed by atoms with Gasteiger partial charge in [0.05, 0.1) is 12.8 Å². The fourth-order valence-electron chi connectivity index (χ4n) is 1.66. The summed E-state index contributed by atoms with van der Waals surface area (Å²) < 4.78 is 51.5. The van der Waals surface area contributed by atoms with Crippen molar-refractivity contribution in [2.45, 2.75) is 13.8 Å². The number of benzene rings is 1. The summed E-state index contributed by atoms with van der Waals surface area (Å²) in [4.78, 5) is 11.4. The lowest BCUT2D eigenvalue weighted by atomic mass is 10.2. The Morgan fingerprint density at radius 2 is 1.81 bits per heavy atom. The molecule has 0 saturated carbocycles. The first kappa shape index (κ1) is 17.4. The van der Waals surface area contributed by atoms with Crippen LogP contribution in [0.15, 0.2) is 18.2 Å². The number of hydrogen-bond acceptors (Lipinski definition) is 3. The number of halogens is 2. The smallest absolute Gasteiger partial charge is 0.232 e. The normalized spacial score (nSPS) is 11.5. The molecule has 8 heteroatoms. The van der Waals surface area contributed by atoms with E-state index in [0.29, 0.717) is 4.31 Å². The lowest BCUT2D eigenvalue weighted by Crippen LogP contribution is -2.40. The third kappa shape index (κ3) is 4.66. The molecule has 0 aliphatic heterocycles. The number of hydrogen-bond donors (Lipinski definition) is 1. The van der Waals surface area contributed by atoms with E-state index in [1.165, 1.54) is 0 Å². The van der Waals surface area contributed by atoms with Crippen LogP contribution in [-0.2, 0) is 14.8 Å². The third-order valence-electron chi connectivity index (χ3n) is 2.73. The van der Waals surface area contributed by atoms with Crippen LogP contribution < -0.4 is 9.62 Å². The van der Waals surface area contributed by atoms with Crippen molar-refractivity contribution in [2.75, 3.05) is 23.7 Å². The summed E-state index contributed by atoms with van der Waals surface area (Å²) in [6.07, 6.45) is 0.850. The van der Waals surface area contributed by atoms with E-state index >= 15 is 0 Å². The van der Waals surface area contributed by atoms with Crippen LogP contribution in [0.1, 0.15) is 13.8 Å². The van der Waals surface area contributed by atoms with Crippen molar-refractivity contribution < 1.29 is 22.0 Å². The number of amides is 1. The summed E-state index contributed by atoms with van der Waals surface area (Å²) in [6, 6.07) is 3.10. The van der Waals surface area contributed by atoms with Crippen molar-refractivity contribution in [3.05, 3.63) is 29.8 Å². The molecule has 118 valence electrons. The Morgan fingerprint density at radius 3 is 2.24 bits per heavy atom. The summed E-state index contributed by atoms with van der Waals surface area (Å²) >= 11 is 0. The number of rotatable bonds is 6. The van der Waals surface area contributed by atoms with Crippen molar-refractivity contribution in [3.63, 3.8) is 0 Å². The van der Waals surface area contributed by atoms with Gasteiger partial charge in [0, 0.05) is 12.5 Å². The van der Waals surface area contributed by atoms with Crippen molar-refractivity contribution in [3.8, 4) is 0 Å². The number of nitrogens with one attached hydrogen (secondary N) is 1. The summed E-state index contributed by atoms with van der Waals surface area (Å²) in [5, 5.41) is 2.50. The molecule has 1 amide bonds. The summed E-state index contributed by atoms with van der Waals surface area (Å²) in [6.45, 7) is 3.06.